The monoisotopic (exact) mass is 494 g/mol. The molecule has 0 unspecified atom stereocenters. The molecule has 7 nitrogen and oxygen atoms in total. The number of nitrogens with one attached hydrogen (secondary N) is 1. The number of rotatable bonds is 6. The lowest BCUT2D eigenvalue weighted by molar-refractivity contribution is -0.142. The molecule has 1 N–H and O–H groups in total. The SMILES string of the molecule is COC(=O)COc1cc(Br)c(/C=C2/SC(=Nc3ccc(F)cc3)NC2=O)cc1OC. The first-order valence-corrected chi connectivity index (χ1v) is 10.1. The summed E-state index contributed by atoms with van der Waals surface area (Å²) in [6, 6.07) is 8.94. The van der Waals surface area contributed by atoms with Crippen molar-refractivity contribution in [2.75, 3.05) is 20.8 Å². The first kappa shape index (κ1) is 21.8. The molecule has 1 aliphatic heterocycles. The number of amidine groups is 1. The van der Waals surface area contributed by atoms with Crippen LogP contribution in [0.5, 0.6) is 11.5 Å². The molecule has 0 aromatic heterocycles. The van der Waals surface area contributed by atoms with Crippen LogP contribution in [0.25, 0.3) is 6.08 Å². The van der Waals surface area contributed by atoms with Crippen molar-refractivity contribution in [1.82, 2.24) is 5.32 Å². The highest BCUT2D eigenvalue weighted by molar-refractivity contribution is 9.10. The van der Waals surface area contributed by atoms with E-state index < -0.39 is 5.97 Å². The van der Waals surface area contributed by atoms with E-state index in [9.17, 15) is 14.0 Å². The van der Waals surface area contributed by atoms with Gasteiger partial charge in [0.15, 0.2) is 23.3 Å². The first-order valence-electron chi connectivity index (χ1n) is 8.52. The standard InChI is InChI=1S/C20H16BrFN2O5S/c1-27-15-7-11(14(21)9-16(15)29-10-18(25)28-2)8-17-19(26)24-20(30-17)23-13-5-3-12(22)4-6-13/h3-9H,10H2,1-2H3,(H,23,24,26)/b17-8+. The number of methoxy groups -OCH3 is 2. The second-order valence-electron chi connectivity index (χ2n) is 5.85. The molecule has 1 fully saturated rings. The Morgan fingerprint density at radius 3 is 2.63 bits per heavy atom. The van der Waals surface area contributed by atoms with Crippen LogP contribution in [0.3, 0.4) is 0 Å². The maximum Gasteiger partial charge on any atom is 0.343 e. The van der Waals surface area contributed by atoms with E-state index in [4.69, 9.17) is 9.47 Å². The Kier molecular flexibility index (Phi) is 7.11. The number of nitrogens with zero attached hydrogens (tertiary/aromatic N) is 1. The lowest BCUT2D eigenvalue weighted by atomic mass is 10.2. The Balaban J connectivity index is 1.82. The number of thioether (sulfide) groups is 1. The number of benzene rings is 2. The van der Waals surface area contributed by atoms with Gasteiger partial charge in [-0.25, -0.2) is 14.2 Å². The average Bonchev–Trinajstić information content (AvgIpc) is 3.08. The predicted molar refractivity (Wildman–Crippen MR) is 115 cm³/mol. The van der Waals surface area contributed by atoms with Gasteiger partial charge in [-0.15, -0.1) is 0 Å². The van der Waals surface area contributed by atoms with E-state index in [1.54, 1.807) is 18.2 Å². The fraction of sp³-hybridized carbons (Fsp3) is 0.150. The molecule has 3 rings (SSSR count). The summed E-state index contributed by atoms with van der Waals surface area (Å²) in [5.41, 5.74) is 1.19. The van der Waals surface area contributed by atoms with Crippen molar-refractivity contribution in [2.24, 2.45) is 4.99 Å². The molecule has 2 aromatic carbocycles. The minimum Gasteiger partial charge on any atom is -0.493 e. The Labute approximate surface area is 184 Å². The van der Waals surface area contributed by atoms with Gasteiger partial charge in [0, 0.05) is 4.47 Å². The molecule has 0 spiro atoms. The summed E-state index contributed by atoms with van der Waals surface area (Å²) in [4.78, 5) is 28.3. The van der Waals surface area contributed by atoms with Crippen LogP contribution in [-0.2, 0) is 14.3 Å². The number of carbonyl (C=O) groups is 2. The molecule has 1 amide bonds. The van der Waals surface area contributed by atoms with Crippen molar-refractivity contribution in [3.8, 4) is 11.5 Å². The number of aliphatic imine (C=N–C) groups is 1. The number of amides is 1. The Bertz CT molecular complexity index is 1040. The molecule has 0 aliphatic carbocycles. The van der Waals surface area contributed by atoms with Crippen LogP contribution in [0.1, 0.15) is 5.56 Å². The van der Waals surface area contributed by atoms with Gasteiger partial charge in [0.05, 0.1) is 24.8 Å². The second-order valence-corrected chi connectivity index (χ2v) is 7.73. The minimum atomic E-state index is -0.522. The van der Waals surface area contributed by atoms with E-state index in [0.29, 0.717) is 37.3 Å². The summed E-state index contributed by atoms with van der Waals surface area (Å²) in [6.45, 7) is -0.263. The van der Waals surface area contributed by atoms with Crippen molar-refractivity contribution in [3.63, 3.8) is 0 Å². The van der Waals surface area contributed by atoms with Crippen LogP contribution < -0.4 is 14.8 Å². The van der Waals surface area contributed by atoms with Crippen molar-refractivity contribution < 1.29 is 28.2 Å². The van der Waals surface area contributed by atoms with Gasteiger partial charge < -0.3 is 19.5 Å². The summed E-state index contributed by atoms with van der Waals surface area (Å²) < 4.78 is 28.9. The minimum absolute atomic E-state index is 0.263. The summed E-state index contributed by atoms with van der Waals surface area (Å²) in [5.74, 6) is -0.457. The van der Waals surface area contributed by atoms with Crippen molar-refractivity contribution in [2.45, 2.75) is 0 Å². The highest BCUT2D eigenvalue weighted by Gasteiger charge is 2.24. The van der Waals surface area contributed by atoms with Gasteiger partial charge in [0.1, 0.15) is 5.82 Å². The van der Waals surface area contributed by atoms with Gasteiger partial charge in [-0.1, -0.05) is 15.9 Å². The van der Waals surface area contributed by atoms with Gasteiger partial charge in [-0.05, 0) is 59.8 Å². The molecule has 0 atom stereocenters. The smallest absolute Gasteiger partial charge is 0.343 e. The Hall–Kier alpha value is -2.85. The summed E-state index contributed by atoms with van der Waals surface area (Å²) in [6.07, 6.45) is 1.67. The third-order valence-electron chi connectivity index (χ3n) is 3.85. The predicted octanol–water partition coefficient (Wildman–Crippen LogP) is 4.04. The fourth-order valence-electron chi connectivity index (χ4n) is 2.38. The topological polar surface area (TPSA) is 86.2 Å². The zero-order valence-electron chi connectivity index (χ0n) is 15.9. The van der Waals surface area contributed by atoms with E-state index in [1.165, 1.54) is 38.5 Å². The molecule has 1 aliphatic rings. The van der Waals surface area contributed by atoms with Crippen molar-refractivity contribution in [1.29, 1.82) is 0 Å². The molecule has 156 valence electrons. The van der Waals surface area contributed by atoms with Crippen LogP contribution >= 0.6 is 27.7 Å². The Morgan fingerprint density at radius 2 is 1.97 bits per heavy atom. The van der Waals surface area contributed by atoms with E-state index in [1.807, 2.05) is 0 Å². The van der Waals surface area contributed by atoms with E-state index in [2.05, 4.69) is 31.0 Å². The zero-order valence-corrected chi connectivity index (χ0v) is 18.3. The molecule has 1 saturated heterocycles. The lowest BCUT2D eigenvalue weighted by Crippen LogP contribution is -2.19. The highest BCUT2D eigenvalue weighted by atomic mass is 79.9. The van der Waals surface area contributed by atoms with Gasteiger partial charge in [-0.2, -0.15) is 0 Å². The molecular formula is C20H16BrFN2O5S. The average molecular weight is 495 g/mol. The van der Waals surface area contributed by atoms with Gasteiger partial charge in [0.25, 0.3) is 5.91 Å². The van der Waals surface area contributed by atoms with Crippen molar-refractivity contribution >= 4 is 56.5 Å². The number of halogens is 2. The molecule has 2 aromatic rings. The molecule has 10 heteroatoms. The normalized spacial score (nSPS) is 15.9. The molecule has 30 heavy (non-hydrogen) atoms. The third-order valence-corrected chi connectivity index (χ3v) is 5.45. The second kappa shape index (κ2) is 9.77. The molecular weight excluding hydrogens is 479 g/mol. The van der Waals surface area contributed by atoms with Gasteiger partial charge in [0.2, 0.25) is 0 Å². The summed E-state index contributed by atoms with van der Waals surface area (Å²) in [5, 5.41) is 3.06. The summed E-state index contributed by atoms with van der Waals surface area (Å²) >= 11 is 4.59. The molecule has 0 radical (unpaired) electrons. The van der Waals surface area contributed by atoms with Crippen LogP contribution in [0.2, 0.25) is 0 Å². The first-order chi connectivity index (χ1) is 14.4. The van der Waals surface area contributed by atoms with Crippen LogP contribution in [0.15, 0.2) is 50.8 Å². The maximum atomic E-state index is 13.0. The molecule has 1 heterocycles. The van der Waals surface area contributed by atoms with E-state index in [-0.39, 0.29) is 18.3 Å². The van der Waals surface area contributed by atoms with E-state index >= 15 is 0 Å². The quantitative estimate of drug-likeness (QED) is 0.481. The van der Waals surface area contributed by atoms with Crippen molar-refractivity contribution in [3.05, 3.63) is 57.2 Å². The number of hydrogen-bond donors (Lipinski definition) is 1. The molecule has 0 bridgehead atoms. The number of esters is 1. The van der Waals surface area contributed by atoms with Crippen LogP contribution in [0.4, 0.5) is 10.1 Å². The van der Waals surface area contributed by atoms with Gasteiger partial charge >= 0.3 is 5.97 Å². The van der Waals surface area contributed by atoms with Crippen LogP contribution in [0, 0.1) is 5.82 Å². The highest BCUT2D eigenvalue weighted by Crippen LogP contribution is 2.36. The maximum absolute atomic E-state index is 13.0. The Morgan fingerprint density at radius 1 is 1.23 bits per heavy atom. The van der Waals surface area contributed by atoms with Gasteiger partial charge in [-0.3, -0.25) is 4.79 Å². The zero-order chi connectivity index (χ0) is 21.7. The number of hydrogen-bond acceptors (Lipinski definition) is 7. The number of ether oxygens (including phenoxy) is 3. The fourth-order valence-corrected chi connectivity index (χ4v) is 3.65. The number of carbonyl (C=O) groups excluding carboxylic acids is 2. The molecule has 0 saturated carbocycles. The van der Waals surface area contributed by atoms with E-state index in [0.717, 1.165) is 11.8 Å². The summed E-state index contributed by atoms with van der Waals surface area (Å²) in [7, 11) is 2.74. The lowest BCUT2D eigenvalue weighted by Gasteiger charge is -2.12. The van der Waals surface area contributed by atoms with Crippen LogP contribution in [-0.4, -0.2) is 37.9 Å². The largest absolute Gasteiger partial charge is 0.493 e. The third kappa shape index (κ3) is 5.39.